The van der Waals surface area contributed by atoms with E-state index in [1.54, 1.807) is 4.90 Å². The number of nitrogens with zero attached hydrogens (tertiary/aromatic N) is 4. The lowest BCUT2D eigenvalue weighted by Crippen LogP contribution is -2.62. The fraction of sp³-hybridized carbons (Fsp3) is 0.900. The van der Waals surface area contributed by atoms with Crippen molar-refractivity contribution in [2.45, 2.75) is 38.6 Å². The fourth-order valence-electron chi connectivity index (χ4n) is 1.64. The molecule has 1 fully saturated rings. The summed E-state index contributed by atoms with van der Waals surface area (Å²) in [7, 11) is 0. The Kier molecular flexibility index (Phi) is 4.43. The molecule has 1 amide bonds. The van der Waals surface area contributed by atoms with Crippen molar-refractivity contribution in [2.24, 2.45) is 5.11 Å². The molecule has 0 unspecified atom stereocenters. The summed E-state index contributed by atoms with van der Waals surface area (Å²) >= 11 is 0. The SMILES string of the molecule is CCCCOC(=O)N1CC(CC)(N=[N+]=[N-])C1. The monoisotopic (exact) mass is 226 g/mol. The molecule has 0 aromatic carbocycles. The molecule has 16 heavy (non-hydrogen) atoms. The van der Waals surface area contributed by atoms with E-state index in [-0.39, 0.29) is 6.09 Å². The molecule has 0 atom stereocenters. The van der Waals surface area contributed by atoms with Gasteiger partial charge < -0.3 is 9.64 Å². The molecule has 0 bridgehead atoms. The summed E-state index contributed by atoms with van der Waals surface area (Å²) < 4.78 is 5.05. The average molecular weight is 226 g/mol. The molecule has 6 heteroatoms. The maximum Gasteiger partial charge on any atom is 0.409 e. The maximum atomic E-state index is 11.5. The van der Waals surface area contributed by atoms with Crippen molar-refractivity contribution in [1.82, 2.24) is 4.90 Å². The standard InChI is InChI=1S/C10H18N4O2/c1-3-5-6-16-9(15)14-7-10(4-2,8-14)12-13-11/h3-8H2,1-2H3. The zero-order valence-corrected chi connectivity index (χ0v) is 9.85. The van der Waals surface area contributed by atoms with E-state index in [1.165, 1.54) is 0 Å². The average Bonchev–Trinajstić information content (AvgIpc) is 2.23. The smallest absolute Gasteiger partial charge is 0.409 e. The maximum absolute atomic E-state index is 11.5. The first kappa shape index (κ1) is 12.6. The van der Waals surface area contributed by atoms with Crippen LogP contribution in [0.2, 0.25) is 0 Å². The van der Waals surface area contributed by atoms with Crippen molar-refractivity contribution >= 4 is 6.09 Å². The topological polar surface area (TPSA) is 78.3 Å². The summed E-state index contributed by atoms with van der Waals surface area (Å²) in [4.78, 5) is 15.9. The van der Waals surface area contributed by atoms with Crippen LogP contribution in [-0.4, -0.2) is 36.2 Å². The fourth-order valence-corrected chi connectivity index (χ4v) is 1.64. The quantitative estimate of drug-likeness (QED) is 0.312. The Hall–Kier alpha value is -1.42. The summed E-state index contributed by atoms with van der Waals surface area (Å²) in [6.45, 7) is 5.40. The molecule has 0 radical (unpaired) electrons. The van der Waals surface area contributed by atoms with Crippen molar-refractivity contribution in [3.63, 3.8) is 0 Å². The lowest BCUT2D eigenvalue weighted by molar-refractivity contribution is 0.0385. The Balaban J connectivity index is 2.33. The van der Waals surface area contributed by atoms with Crippen LogP contribution >= 0.6 is 0 Å². The third-order valence-electron chi connectivity index (χ3n) is 2.87. The largest absolute Gasteiger partial charge is 0.449 e. The molecule has 0 spiro atoms. The van der Waals surface area contributed by atoms with Gasteiger partial charge >= 0.3 is 6.09 Å². The Morgan fingerprint density at radius 2 is 2.25 bits per heavy atom. The number of carbonyl (C=O) groups is 1. The van der Waals surface area contributed by atoms with Crippen molar-refractivity contribution in [3.8, 4) is 0 Å². The van der Waals surface area contributed by atoms with Gasteiger partial charge in [-0.15, -0.1) is 0 Å². The molecule has 1 rings (SSSR count). The second kappa shape index (κ2) is 5.61. The predicted molar refractivity (Wildman–Crippen MR) is 60.0 cm³/mol. The van der Waals surface area contributed by atoms with Gasteiger partial charge in [-0.05, 0) is 18.4 Å². The van der Waals surface area contributed by atoms with Crippen LogP contribution in [0.4, 0.5) is 4.79 Å². The second-order valence-corrected chi connectivity index (χ2v) is 4.09. The molecular formula is C10H18N4O2. The second-order valence-electron chi connectivity index (χ2n) is 4.09. The molecule has 0 aromatic heterocycles. The van der Waals surface area contributed by atoms with E-state index in [9.17, 15) is 4.79 Å². The summed E-state index contributed by atoms with van der Waals surface area (Å²) in [5, 5.41) is 3.74. The molecule has 1 heterocycles. The zero-order valence-electron chi connectivity index (χ0n) is 9.85. The van der Waals surface area contributed by atoms with Gasteiger partial charge in [-0.25, -0.2) is 4.79 Å². The Labute approximate surface area is 95.2 Å². The first-order valence-electron chi connectivity index (χ1n) is 5.65. The van der Waals surface area contributed by atoms with Crippen LogP contribution < -0.4 is 0 Å². The lowest BCUT2D eigenvalue weighted by Gasteiger charge is -2.45. The molecular weight excluding hydrogens is 208 g/mol. The van der Waals surface area contributed by atoms with Crippen LogP contribution in [0.1, 0.15) is 33.1 Å². The van der Waals surface area contributed by atoms with Crippen molar-refractivity contribution in [2.75, 3.05) is 19.7 Å². The van der Waals surface area contributed by atoms with E-state index in [0.29, 0.717) is 19.7 Å². The number of hydrogen-bond donors (Lipinski definition) is 0. The van der Waals surface area contributed by atoms with E-state index in [4.69, 9.17) is 10.3 Å². The van der Waals surface area contributed by atoms with Gasteiger partial charge in [0, 0.05) is 18.0 Å². The molecule has 0 aliphatic carbocycles. The summed E-state index contributed by atoms with van der Waals surface area (Å²) in [5.41, 5.74) is 8.02. The molecule has 0 saturated carbocycles. The van der Waals surface area contributed by atoms with Gasteiger partial charge in [-0.2, -0.15) is 0 Å². The molecule has 0 N–H and O–H groups in total. The lowest BCUT2D eigenvalue weighted by atomic mass is 9.88. The van der Waals surface area contributed by atoms with Gasteiger partial charge in [0.2, 0.25) is 0 Å². The van der Waals surface area contributed by atoms with Crippen LogP contribution in [0.25, 0.3) is 10.4 Å². The highest BCUT2D eigenvalue weighted by atomic mass is 16.6. The van der Waals surface area contributed by atoms with Crippen molar-refractivity contribution in [1.29, 1.82) is 0 Å². The van der Waals surface area contributed by atoms with E-state index in [0.717, 1.165) is 19.3 Å². The van der Waals surface area contributed by atoms with Gasteiger partial charge in [0.1, 0.15) is 0 Å². The predicted octanol–water partition coefficient (Wildman–Crippen LogP) is 2.70. The highest BCUT2D eigenvalue weighted by Gasteiger charge is 2.43. The van der Waals surface area contributed by atoms with E-state index >= 15 is 0 Å². The minimum absolute atomic E-state index is 0.300. The summed E-state index contributed by atoms with van der Waals surface area (Å²) in [6.07, 6.45) is 2.33. The third kappa shape index (κ3) is 2.79. The Morgan fingerprint density at radius 3 is 2.75 bits per heavy atom. The van der Waals surface area contributed by atoms with Gasteiger partial charge in [-0.1, -0.05) is 25.4 Å². The van der Waals surface area contributed by atoms with Gasteiger partial charge in [0.15, 0.2) is 0 Å². The number of azide groups is 1. The molecule has 6 nitrogen and oxygen atoms in total. The summed E-state index contributed by atoms with van der Waals surface area (Å²) in [6, 6.07) is 0. The van der Waals surface area contributed by atoms with Gasteiger partial charge in [-0.3, -0.25) is 0 Å². The van der Waals surface area contributed by atoms with E-state index in [2.05, 4.69) is 10.0 Å². The Morgan fingerprint density at radius 1 is 1.56 bits per heavy atom. The first-order valence-corrected chi connectivity index (χ1v) is 5.65. The van der Waals surface area contributed by atoms with E-state index in [1.807, 2.05) is 13.8 Å². The normalized spacial score (nSPS) is 17.2. The molecule has 1 aliphatic heterocycles. The number of amides is 1. The van der Waals surface area contributed by atoms with Gasteiger partial charge in [0.25, 0.3) is 0 Å². The minimum atomic E-state index is -0.404. The Bertz CT molecular complexity index is 293. The van der Waals surface area contributed by atoms with Crippen LogP contribution in [0.15, 0.2) is 5.11 Å². The molecule has 1 aliphatic rings. The van der Waals surface area contributed by atoms with Crippen molar-refractivity contribution in [3.05, 3.63) is 10.4 Å². The van der Waals surface area contributed by atoms with Crippen LogP contribution in [0.5, 0.6) is 0 Å². The van der Waals surface area contributed by atoms with Crippen LogP contribution in [0.3, 0.4) is 0 Å². The molecule has 1 saturated heterocycles. The zero-order chi connectivity index (χ0) is 12.0. The summed E-state index contributed by atoms with van der Waals surface area (Å²) in [5.74, 6) is 0. The molecule has 90 valence electrons. The minimum Gasteiger partial charge on any atom is -0.449 e. The number of rotatable bonds is 5. The van der Waals surface area contributed by atoms with Gasteiger partial charge in [0.05, 0.1) is 12.1 Å². The highest BCUT2D eigenvalue weighted by Crippen LogP contribution is 2.29. The number of unbranched alkanes of at least 4 members (excludes halogenated alkanes) is 1. The van der Waals surface area contributed by atoms with Crippen LogP contribution in [-0.2, 0) is 4.74 Å². The highest BCUT2D eigenvalue weighted by molar-refractivity contribution is 5.69. The number of ether oxygens (including phenoxy) is 1. The number of likely N-dealkylation sites (tertiary alicyclic amines) is 1. The number of carbonyl (C=O) groups excluding carboxylic acids is 1. The van der Waals surface area contributed by atoms with Crippen molar-refractivity contribution < 1.29 is 9.53 Å². The molecule has 0 aromatic rings. The van der Waals surface area contributed by atoms with E-state index < -0.39 is 5.54 Å². The first-order chi connectivity index (χ1) is 7.67. The van der Waals surface area contributed by atoms with Crippen LogP contribution in [0, 0.1) is 0 Å². The number of hydrogen-bond acceptors (Lipinski definition) is 3. The third-order valence-corrected chi connectivity index (χ3v) is 2.87.